The normalized spacial score (nSPS) is 16.9. The lowest BCUT2D eigenvalue weighted by molar-refractivity contribution is -0.132. The van der Waals surface area contributed by atoms with Crippen LogP contribution in [0.15, 0.2) is 24.3 Å². The molecule has 4 nitrogen and oxygen atoms in total. The van der Waals surface area contributed by atoms with Crippen LogP contribution in [0.3, 0.4) is 0 Å². The standard InChI is InChI=1S/C19H26N2O2/c1-2-3-4-18(22)21(17-11-12-17)13-14-5-7-15(8-6-14)19(23)20-16-9-10-16/h5-8,16-17H,2-4,9-13H2,1H3,(H,20,23). The molecular formula is C19H26N2O2. The molecule has 0 atom stereocenters. The zero-order valence-electron chi connectivity index (χ0n) is 13.9. The number of nitrogens with zero attached hydrogens (tertiary/aromatic N) is 1. The van der Waals surface area contributed by atoms with Crippen molar-refractivity contribution in [3.05, 3.63) is 35.4 Å². The molecule has 1 aromatic rings. The van der Waals surface area contributed by atoms with Crippen molar-refractivity contribution in [1.82, 2.24) is 10.2 Å². The first-order valence-corrected chi connectivity index (χ1v) is 8.86. The summed E-state index contributed by atoms with van der Waals surface area (Å²) in [5.41, 5.74) is 1.81. The number of carbonyl (C=O) groups is 2. The van der Waals surface area contributed by atoms with Gasteiger partial charge in [0.05, 0.1) is 0 Å². The van der Waals surface area contributed by atoms with Crippen LogP contribution >= 0.6 is 0 Å². The molecule has 0 heterocycles. The highest BCUT2D eigenvalue weighted by atomic mass is 16.2. The quantitative estimate of drug-likeness (QED) is 0.800. The molecule has 4 heteroatoms. The number of hydrogen-bond donors (Lipinski definition) is 1. The van der Waals surface area contributed by atoms with E-state index in [9.17, 15) is 9.59 Å². The second kappa shape index (κ2) is 7.16. The highest BCUT2D eigenvalue weighted by Gasteiger charge is 2.32. The van der Waals surface area contributed by atoms with Crippen molar-refractivity contribution in [2.24, 2.45) is 0 Å². The van der Waals surface area contributed by atoms with E-state index >= 15 is 0 Å². The molecule has 0 aromatic heterocycles. The summed E-state index contributed by atoms with van der Waals surface area (Å²) in [5, 5.41) is 3.00. The summed E-state index contributed by atoms with van der Waals surface area (Å²) in [4.78, 5) is 26.4. The van der Waals surface area contributed by atoms with Crippen LogP contribution < -0.4 is 5.32 Å². The molecule has 2 aliphatic rings. The number of carbonyl (C=O) groups excluding carboxylic acids is 2. The zero-order chi connectivity index (χ0) is 16.2. The van der Waals surface area contributed by atoms with Crippen molar-refractivity contribution in [3.63, 3.8) is 0 Å². The smallest absolute Gasteiger partial charge is 0.251 e. The van der Waals surface area contributed by atoms with Crippen molar-refractivity contribution in [3.8, 4) is 0 Å². The maximum Gasteiger partial charge on any atom is 0.251 e. The average molecular weight is 314 g/mol. The fourth-order valence-electron chi connectivity index (χ4n) is 2.73. The van der Waals surface area contributed by atoms with Crippen molar-refractivity contribution in [2.75, 3.05) is 0 Å². The molecule has 1 aromatic carbocycles. The summed E-state index contributed by atoms with van der Waals surface area (Å²) in [6.07, 6.45) is 7.10. The summed E-state index contributed by atoms with van der Waals surface area (Å²) in [6.45, 7) is 2.78. The SMILES string of the molecule is CCCCC(=O)N(Cc1ccc(C(=O)NC2CC2)cc1)C1CC1. The molecule has 23 heavy (non-hydrogen) atoms. The largest absolute Gasteiger partial charge is 0.349 e. The molecule has 0 unspecified atom stereocenters. The number of nitrogens with one attached hydrogen (secondary N) is 1. The van der Waals surface area contributed by atoms with Gasteiger partial charge in [-0.2, -0.15) is 0 Å². The summed E-state index contributed by atoms with van der Waals surface area (Å²) >= 11 is 0. The van der Waals surface area contributed by atoms with E-state index in [-0.39, 0.29) is 11.8 Å². The van der Waals surface area contributed by atoms with Gasteiger partial charge in [0.25, 0.3) is 5.91 Å². The predicted octanol–water partition coefficient (Wildman–Crippen LogP) is 3.26. The summed E-state index contributed by atoms with van der Waals surface area (Å²) in [6, 6.07) is 8.50. The van der Waals surface area contributed by atoms with E-state index in [1.165, 1.54) is 0 Å². The predicted molar refractivity (Wildman–Crippen MR) is 90.0 cm³/mol. The van der Waals surface area contributed by atoms with Crippen LogP contribution in [0.5, 0.6) is 0 Å². The molecule has 3 rings (SSSR count). The third-order valence-electron chi connectivity index (χ3n) is 4.53. The number of amides is 2. The minimum atomic E-state index is 0.0112. The number of unbranched alkanes of at least 4 members (excludes halogenated alkanes) is 1. The van der Waals surface area contributed by atoms with E-state index < -0.39 is 0 Å². The van der Waals surface area contributed by atoms with Gasteiger partial charge in [-0.25, -0.2) is 0 Å². The molecule has 2 aliphatic carbocycles. The molecule has 0 saturated heterocycles. The highest BCUT2D eigenvalue weighted by Crippen LogP contribution is 2.29. The lowest BCUT2D eigenvalue weighted by atomic mass is 10.1. The van der Waals surface area contributed by atoms with Crippen molar-refractivity contribution in [1.29, 1.82) is 0 Å². The molecule has 124 valence electrons. The number of hydrogen-bond acceptors (Lipinski definition) is 2. The third kappa shape index (κ3) is 4.57. The first kappa shape index (κ1) is 16.0. The van der Waals surface area contributed by atoms with Crippen LogP contribution in [-0.4, -0.2) is 28.8 Å². The Bertz CT molecular complexity index is 559. The van der Waals surface area contributed by atoms with Crippen LogP contribution in [0.4, 0.5) is 0 Å². The monoisotopic (exact) mass is 314 g/mol. The maximum absolute atomic E-state index is 12.4. The van der Waals surface area contributed by atoms with Gasteiger partial charge in [-0.3, -0.25) is 9.59 Å². The second-order valence-electron chi connectivity index (χ2n) is 6.80. The lowest BCUT2D eigenvalue weighted by Gasteiger charge is -2.22. The van der Waals surface area contributed by atoms with Gasteiger partial charge in [0.15, 0.2) is 0 Å². The van der Waals surface area contributed by atoms with Gasteiger partial charge in [-0.1, -0.05) is 25.5 Å². The van der Waals surface area contributed by atoms with Gasteiger partial charge in [-0.15, -0.1) is 0 Å². The fourth-order valence-corrected chi connectivity index (χ4v) is 2.73. The van der Waals surface area contributed by atoms with Gasteiger partial charge in [0.1, 0.15) is 0 Å². The topological polar surface area (TPSA) is 49.4 Å². The Labute approximate surface area is 138 Å². The molecular weight excluding hydrogens is 288 g/mol. The first-order chi connectivity index (χ1) is 11.2. The van der Waals surface area contributed by atoms with Gasteiger partial charge < -0.3 is 10.2 Å². The Kier molecular flexibility index (Phi) is 4.99. The van der Waals surface area contributed by atoms with Gasteiger partial charge in [-0.05, 0) is 49.8 Å². The molecule has 0 bridgehead atoms. The van der Waals surface area contributed by atoms with Gasteiger partial charge >= 0.3 is 0 Å². The van der Waals surface area contributed by atoms with Crippen LogP contribution in [0.1, 0.15) is 67.8 Å². The molecule has 2 saturated carbocycles. The van der Waals surface area contributed by atoms with Crippen molar-refractivity contribution < 1.29 is 9.59 Å². The van der Waals surface area contributed by atoms with E-state index in [0.29, 0.717) is 30.6 Å². The van der Waals surface area contributed by atoms with Crippen molar-refractivity contribution >= 4 is 11.8 Å². The Morgan fingerprint density at radius 3 is 2.39 bits per heavy atom. The van der Waals surface area contributed by atoms with Crippen LogP contribution in [0, 0.1) is 0 Å². The van der Waals surface area contributed by atoms with Crippen LogP contribution in [0.2, 0.25) is 0 Å². The molecule has 0 spiro atoms. The zero-order valence-corrected chi connectivity index (χ0v) is 13.9. The van der Waals surface area contributed by atoms with Crippen molar-refractivity contribution in [2.45, 2.75) is 70.5 Å². The Hall–Kier alpha value is -1.84. The summed E-state index contributed by atoms with van der Waals surface area (Å²) in [7, 11) is 0. The van der Waals surface area contributed by atoms with Gasteiger partial charge in [0.2, 0.25) is 5.91 Å². The van der Waals surface area contributed by atoms with Crippen LogP contribution in [0.25, 0.3) is 0 Å². The molecule has 0 radical (unpaired) electrons. The van der Waals surface area contributed by atoms with E-state index in [4.69, 9.17) is 0 Å². The number of benzene rings is 1. The van der Waals surface area contributed by atoms with Crippen LogP contribution in [-0.2, 0) is 11.3 Å². The Balaban J connectivity index is 1.59. The summed E-state index contributed by atoms with van der Waals surface area (Å²) in [5.74, 6) is 0.280. The van der Waals surface area contributed by atoms with Gasteiger partial charge in [0, 0.05) is 30.6 Å². The average Bonchev–Trinajstić information content (AvgIpc) is 3.44. The lowest BCUT2D eigenvalue weighted by Crippen LogP contribution is -2.32. The summed E-state index contributed by atoms with van der Waals surface area (Å²) < 4.78 is 0. The molecule has 2 fully saturated rings. The molecule has 1 N–H and O–H groups in total. The van der Waals surface area contributed by atoms with E-state index in [1.807, 2.05) is 29.2 Å². The molecule has 2 amide bonds. The number of rotatable bonds is 8. The maximum atomic E-state index is 12.4. The minimum Gasteiger partial charge on any atom is -0.349 e. The molecule has 0 aliphatic heterocycles. The van der Waals surface area contributed by atoms with E-state index in [0.717, 1.165) is 44.1 Å². The van der Waals surface area contributed by atoms with E-state index in [2.05, 4.69) is 12.2 Å². The highest BCUT2D eigenvalue weighted by molar-refractivity contribution is 5.94. The van der Waals surface area contributed by atoms with E-state index in [1.54, 1.807) is 0 Å². The second-order valence-corrected chi connectivity index (χ2v) is 6.80. The minimum absolute atomic E-state index is 0.0112. The Morgan fingerprint density at radius 2 is 1.83 bits per heavy atom. The fraction of sp³-hybridized carbons (Fsp3) is 0.579. The Morgan fingerprint density at radius 1 is 1.13 bits per heavy atom. The third-order valence-corrected chi connectivity index (χ3v) is 4.53. The first-order valence-electron chi connectivity index (χ1n) is 8.86.